The number of urea groups is 1. The molecule has 0 fully saturated rings. The number of allylic oxidation sites excluding steroid dienone is 1. The summed E-state index contributed by atoms with van der Waals surface area (Å²) in [6.45, 7) is 1.55. The third-order valence-corrected chi connectivity index (χ3v) is 4.42. The molecule has 28 heavy (non-hydrogen) atoms. The second-order valence-corrected chi connectivity index (χ2v) is 6.12. The van der Waals surface area contributed by atoms with Gasteiger partial charge in [-0.05, 0) is 42.8 Å². The monoisotopic (exact) mass is 384 g/mol. The van der Waals surface area contributed by atoms with Crippen LogP contribution in [0.15, 0.2) is 59.8 Å². The zero-order chi connectivity index (χ0) is 20.4. The number of anilines is 1. The molecule has 2 aromatic carbocycles. The fraction of sp³-hybridized carbons (Fsp3) is 0.150. The molecule has 0 aromatic heterocycles. The van der Waals surface area contributed by atoms with Crippen molar-refractivity contribution in [2.45, 2.75) is 13.0 Å². The highest BCUT2D eigenvalue weighted by molar-refractivity contribution is 6.03. The van der Waals surface area contributed by atoms with Crippen LogP contribution in [0.4, 0.5) is 14.9 Å². The number of carbonyl (C=O) groups excluding carboxylic acids is 2. The van der Waals surface area contributed by atoms with Crippen LogP contribution in [0.5, 0.6) is 0 Å². The van der Waals surface area contributed by atoms with Gasteiger partial charge in [0.15, 0.2) is 0 Å². The lowest BCUT2D eigenvalue weighted by Crippen LogP contribution is -2.48. The summed E-state index contributed by atoms with van der Waals surface area (Å²) in [5.41, 5.74) is 1.02. The molecule has 2 aromatic rings. The first-order chi connectivity index (χ1) is 13.3. The predicted molar refractivity (Wildman–Crippen MR) is 98.3 cm³/mol. The van der Waals surface area contributed by atoms with Crippen LogP contribution in [-0.4, -0.2) is 30.2 Å². The molecule has 2 N–H and O–H groups in total. The Hall–Kier alpha value is -3.68. The van der Waals surface area contributed by atoms with Gasteiger partial charge in [0.05, 0.1) is 30.0 Å². The number of rotatable bonds is 4. The first-order valence-corrected chi connectivity index (χ1v) is 8.32. The second kappa shape index (κ2) is 7.51. The second-order valence-electron chi connectivity index (χ2n) is 6.12. The van der Waals surface area contributed by atoms with Crippen molar-refractivity contribution in [3.63, 3.8) is 0 Å². The van der Waals surface area contributed by atoms with E-state index in [1.54, 1.807) is 19.1 Å². The van der Waals surface area contributed by atoms with Gasteiger partial charge >= 0.3 is 18.0 Å². The summed E-state index contributed by atoms with van der Waals surface area (Å²) in [6, 6.07) is 9.81. The Morgan fingerprint density at radius 3 is 2.54 bits per heavy atom. The molecule has 3 rings (SSSR count). The summed E-state index contributed by atoms with van der Waals surface area (Å²) in [6.07, 6.45) is 0. The van der Waals surface area contributed by atoms with Crippen molar-refractivity contribution in [3.8, 4) is 0 Å². The number of halogens is 1. The minimum atomic E-state index is -1.15. The number of nitrogens with zero attached hydrogens (tertiary/aromatic N) is 1. The third kappa shape index (κ3) is 3.44. The van der Waals surface area contributed by atoms with Crippen LogP contribution in [0.1, 0.15) is 28.9 Å². The quantitative estimate of drug-likeness (QED) is 0.789. The van der Waals surface area contributed by atoms with E-state index in [1.165, 1.54) is 48.4 Å². The van der Waals surface area contributed by atoms with Gasteiger partial charge in [-0.3, -0.25) is 4.90 Å². The van der Waals surface area contributed by atoms with Crippen LogP contribution in [0.2, 0.25) is 0 Å². The number of carbonyl (C=O) groups is 3. The average molecular weight is 384 g/mol. The SMILES string of the molecule is COC(=O)C1=C(C)N(c2cccc(C(=O)O)c2)C(=O)N[C@@H]1c1cccc(F)c1. The normalized spacial score (nSPS) is 16.6. The Labute approximate surface area is 160 Å². The Bertz CT molecular complexity index is 1000. The summed E-state index contributed by atoms with van der Waals surface area (Å²) < 4.78 is 18.5. The molecule has 8 heteroatoms. The molecule has 0 saturated carbocycles. The molecule has 0 spiro atoms. The smallest absolute Gasteiger partial charge is 0.337 e. The molecule has 1 aliphatic heterocycles. The van der Waals surface area contributed by atoms with Crippen LogP contribution in [0.3, 0.4) is 0 Å². The van der Waals surface area contributed by atoms with Gasteiger partial charge in [0, 0.05) is 5.70 Å². The maximum Gasteiger partial charge on any atom is 0.337 e. The van der Waals surface area contributed by atoms with Gasteiger partial charge in [0.1, 0.15) is 5.82 Å². The van der Waals surface area contributed by atoms with E-state index in [0.717, 1.165) is 0 Å². The fourth-order valence-corrected chi connectivity index (χ4v) is 3.14. The first kappa shape index (κ1) is 19.1. The van der Waals surface area contributed by atoms with Crippen molar-refractivity contribution in [1.29, 1.82) is 0 Å². The number of carboxylic acid groups (broad SMARTS) is 1. The maximum atomic E-state index is 13.7. The Balaban J connectivity index is 2.15. The van der Waals surface area contributed by atoms with E-state index in [9.17, 15) is 23.9 Å². The molecule has 0 radical (unpaired) electrons. The first-order valence-electron chi connectivity index (χ1n) is 8.32. The van der Waals surface area contributed by atoms with E-state index in [-0.39, 0.29) is 22.5 Å². The van der Waals surface area contributed by atoms with Crippen molar-refractivity contribution < 1.29 is 28.6 Å². The van der Waals surface area contributed by atoms with Crippen molar-refractivity contribution in [2.24, 2.45) is 0 Å². The van der Waals surface area contributed by atoms with E-state index in [4.69, 9.17) is 4.74 Å². The van der Waals surface area contributed by atoms with Crippen LogP contribution >= 0.6 is 0 Å². The van der Waals surface area contributed by atoms with Crippen LogP contribution in [0, 0.1) is 5.82 Å². The molecule has 7 nitrogen and oxygen atoms in total. The minimum absolute atomic E-state index is 0.00929. The van der Waals surface area contributed by atoms with Gasteiger partial charge in [-0.25, -0.2) is 18.8 Å². The standard InChI is InChI=1S/C20H17FN2O5/c1-11-16(19(26)28-2)17(12-5-3-7-14(21)9-12)22-20(27)23(11)15-8-4-6-13(10-15)18(24)25/h3-10,17H,1-2H3,(H,22,27)(H,24,25)/t17-/m1/s1. The topological polar surface area (TPSA) is 95.9 Å². The summed E-state index contributed by atoms with van der Waals surface area (Å²) in [4.78, 5) is 37.7. The molecule has 0 unspecified atom stereocenters. The van der Waals surface area contributed by atoms with E-state index in [2.05, 4.69) is 5.32 Å². The number of hydrogen-bond donors (Lipinski definition) is 2. The van der Waals surface area contributed by atoms with Gasteiger partial charge in [0.25, 0.3) is 0 Å². The molecule has 1 atom stereocenters. The Kier molecular flexibility index (Phi) is 5.12. The number of nitrogens with one attached hydrogen (secondary N) is 1. The zero-order valence-electron chi connectivity index (χ0n) is 15.1. The molecule has 144 valence electrons. The summed E-state index contributed by atoms with van der Waals surface area (Å²) in [7, 11) is 1.21. The summed E-state index contributed by atoms with van der Waals surface area (Å²) in [5.74, 6) is -2.34. The highest BCUT2D eigenvalue weighted by Crippen LogP contribution is 2.34. The van der Waals surface area contributed by atoms with Crippen molar-refractivity contribution in [2.75, 3.05) is 12.0 Å². The highest BCUT2D eigenvalue weighted by atomic mass is 19.1. The van der Waals surface area contributed by atoms with Gasteiger partial charge in [0.2, 0.25) is 0 Å². The van der Waals surface area contributed by atoms with Crippen molar-refractivity contribution >= 4 is 23.7 Å². The number of esters is 1. The molecule has 0 saturated heterocycles. The number of amides is 2. The molecular formula is C20H17FN2O5. The number of hydrogen-bond acceptors (Lipinski definition) is 4. The average Bonchev–Trinajstić information content (AvgIpc) is 2.67. The number of carboxylic acids is 1. The molecule has 1 heterocycles. The molecule has 0 aliphatic carbocycles. The molecule has 0 bridgehead atoms. The van der Waals surface area contributed by atoms with E-state index in [1.807, 2.05) is 0 Å². The fourth-order valence-electron chi connectivity index (χ4n) is 3.14. The highest BCUT2D eigenvalue weighted by Gasteiger charge is 2.37. The van der Waals surface area contributed by atoms with E-state index >= 15 is 0 Å². The summed E-state index contributed by atoms with van der Waals surface area (Å²) >= 11 is 0. The van der Waals surface area contributed by atoms with E-state index < -0.39 is 29.8 Å². The van der Waals surface area contributed by atoms with E-state index in [0.29, 0.717) is 5.56 Å². The zero-order valence-corrected chi connectivity index (χ0v) is 15.1. The predicted octanol–water partition coefficient (Wildman–Crippen LogP) is 3.24. The Morgan fingerprint density at radius 2 is 1.89 bits per heavy atom. The summed E-state index contributed by atoms with van der Waals surface area (Å²) in [5, 5.41) is 11.9. The van der Waals surface area contributed by atoms with Crippen molar-refractivity contribution in [3.05, 3.63) is 76.7 Å². The molecule has 1 aliphatic rings. The molecule has 2 amide bonds. The van der Waals surface area contributed by atoms with Crippen LogP contribution in [0.25, 0.3) is 0 Å². The van der Waals surface area contributed by atoms with Gasteiger partial charge in [-0.2, -0.15) is 0 Å². The van der Waals surface area contributed by atoms with Gasteiger partial charge in [-0.15, -0.1) is 0 Å². The minimum Gasteiger partial charge on any atom is -0.478 e. The van der Waals surface area contributed by atoms with Crippen molar-refractivity contribution in [1.82, 2.24) is 5.32 Å². The maximum absolute atomic E-state index is 13.7. The van der Waals surface area contributed by atoms with Crippen LogP contribution < -0.4 is 10.2 Å². The number of aromatic carboxylic acids is 1. The Morgan fingerprint density at radius 1 is 1.18 bits per heavy atom. The van der Waals surface area contributed by atoms with Gasteiger partial charge < -0.3 is 15.2 Å². The lowest BCUT2D eigenvalue weighted by molar-refractivity contribution is -0.136. The largest absolute Gasteiger partial charge is 0.478 e. The number of benzene rings is 2. The lowest BCUT2D eigenvalue weighted by atomic mass is 9.94. The van der Waals surface area contributed by atoms with Crippen LogP contribution in [-0.2, 0) is 9.53 Å². The lowest BCUT2D eigenvalue weighted by Gasteiger charge is -2.35. The number of ether oxygens (including phenoxy) is 1. The number of methoxy groups -OCH3 is 1. The third-order valence-electron chi connectivity index (χ3n) is 4.42. The van der Waals surface area contributed by atoms with Gasteiger partial charge in [-0.1, -0.05) is 18.2 Å². The molecular weight excluding hydrogens is 367 g/mol.